The maximum atomic E-state index is 13.6. The summed E-state index contributed by atoms with van der Waals surface area (Å²) in [5.41, 5.74) is 0.835. The van der Waals surface area contributed by atoms with Crippen LogP contribution < -0.4 is 5.32 Å². The molecule has 5 heteroatoms. The summed E-state index contributed by atoms with van der Waals surface area (Å²) in [6, 6.07) is 5.57. The van der Waals surface area contributed by atoms with E-state index in [2.05, 4.69) is 10.3 Å². The lowest BCUT2D eigenvalue weighted by Crippen LogP contribution is -2.57. The van der Waals surface area contributed by atoms with Gasteiger partial charge in [0.1, 0.15) is 6.04 Å². The lowest BCUT2D eigenvalue weighted by atomic mass is 9.49. The number of hydrogen-bond acceptors (Lipinski definition) is 3. The molecular formula is C23H31N3O2. The Hall–Kier alpha value is -1.91. The number of carbonyl (C=O) groups excluding carboxylic acids is 2. The van der Waals surface area contributed by atoms with Crippen molar-refractivity contribution in [3.8, 4) is 0 Å². The van der Waals surface area contributed by atoms with Crippen LogP contribution in [-0.2, 0) is 16.0 Å². The SMILES string of the molecule is O=C(NCCc1ccccn1)C1CCCN1C(=O)C12CC3CC(CC(C3)C1)C2. The first kappa shape index (κ1) is 18.1. The predicted octanol–water partition coefficient (Wildman–Crippen LogP) is 2.95. The molecule has 1 N–H and O–H groups in total. The van der Waals surface area contributed by atoms with Crippen LogP contribution in [-0.4, -0.2) is 40.8 Å². The first-order valence-electron chi connectivity index (χ1n) is 11.1. The van der Waals surface area contributed by atoms with E-state index in [0.29, 0.717) is 12.5 Å². The number of hydrogen-bond donors (Lipinski definition) is 1. The molecule has 0 aromatic carbocycles. The van der Waals surface area contributed by atoms with Gasteiger partial charge >= 0.3 is 0 Å². The van der Waals surface area contributed by atoms with E-state index in [1.165, 1.54) is 19.3 Å². The Morgan fingerprint density at radius 3 is 2.46 bits per heavy atom. The van der Waals surface area contributed by atoms with Gasteiger partial charge in [-0.3, -0.25) is 14.6 Å². The molecule has 5 aliphatic rings. The minimum Gasteiger partial charge on any atom is -0.354 e. The van der Waals surface area contributed by atoms with Crippen molar-refractivity contribution in [2.75, 3.05) is 13.1 Å². The number of nitrogens with zero attached hydrogens (tertiary/aromatic N) is 2. The molecule has 4 aliphatic carbocycles. The van der Waals surface area contributed by atoms with Gasteiger partial charge in [0, 0.05) is 31.4 Å². The van der Waals surface area contributed by atoms with Crippen molar-refractivity contribution >= 4 is 11.8 Å². The Morgan fingerprint density at radius 2 is 1.82 bits per heavy atom. The normalized spacial score (nSPS) is 35.9. The van der Waals surface area contributed by atoms with Crippen LogP contribution in [0.15, 0.2) is 24.4 Å². The minimum atomic E-state index is -0.274. The first-order chi connectivity index (χ1) is 13.6. The van der Waals surface area contributed by atoms with E-state index in [1.54, 1.807) is 6.20 Å². The summed E-state index contributed by atoms with van der Waals surface area (Å²) in [5, 5.41) is 3.06. The van der Waals surface area contributed by atoms with Gasteiger partial charge in [-0.1, -0.05) is 6.07 Å². The van der Waals surface area contributed by atoms with Gasteiger partial charge in [0.05, 0.1) is 5.41 Å². The van der Waals surface area contributed by atoms with E-state index in [4.69, 9.17) is 0 Å². The lowest BCUT2D eigenvalue weighted by molar-refractivity contribution is -0.160. The second-order valence-electron chi connectivity index (χ2n) is 9.72. The predicted molar refractivity (Wildman–Crippen MR) is 106 cm³/mol. The number of rotatable bonds is 5. The van der Waals surface area contributed by atoms with E-state index >= 15 is 0 Å². The van der Waals surface area contributed by atoms with Crippen molar-refractivity contribution in [2.45, 2.75) is 63.8 Å². The van der Waals surface area contributed by atoms with E-state index in [-0.39, 0.29) is 17.4 Å². The lowest BCUT2D eigenvalue weighted by Gasteiger charge is -2.56. The Bertz CT molecular complexity index is 712. The summed E-state index contributed by atoms with van der Waals surface area (Å²) >= 11 is 0. The Kier molecular flexibility index (Phi) is 4.64. The number of nitrogens with one attached hydrogen (secondary N) is 1. The maximum Gasteiger partial charge on any atom is 0.242 e. The topological polar surface area (TPSA) is 62.3 Å². The van der Waals surface area contributed by atoms with Gasteiger partial charge in [0.15, 0.2) is 0 Å². The summed E-state index contributed by atoms with van der Waals surface area (Å²) in [4.78, 5) is 32.8. The molecule has 0 spiro atoms. The highest BCUT2D eigenvalue weighted by atomic mass is 16.2. The Labute approximate surface area is 167 Å². The van der Waals surface area contributed by atoms with Crippen molar-refractivity contribution < 1.29 is 9.59 Å². The summed E-state index contributed by atoms with van der Waals surface area (Å²) in [5.74, 6) is 2.58. The molecule has 2 amide bonds. The molecule has 1 saturated heterocycles. The van der Waals surface area contributed by atoms with Crippen molar-refractivity contribution in [1.29, 1.82) is 0 Å². The third-order valence-corrected chi connectivity index (χ3v) is 7.71. The molecule has 1 aliphatic heterocycles. The largest absolute Gasteiger partial charge is 0.354 e. The average Bonchev–Trinajstić information content (AvgIpc) is 3.17. The van der Waals surface area contributed by atoms with E-state index < -0.39 is 0 Å². The summed E-state index contributed by atoms with van der Waals surface area (Å²) < 4.78 is 0. The first-order valence-corrected chi connectivity index (χ1v) is 11.1. The van der Waals surface area contributed by atoms with Crippen LogP contribution in [0.1, 0.15) is 57.1 Å². The molecule has 2 heterocycles. The molecule has 1 aromatic rings. The summed E-state index contributed by atoms with van der Waals surface area (Å²) in [6.45, 7) is 1.32. The zero-order chi connectivity index (χ0) is 19.1. The fraction of sp³-hybridized carbons (Fsp3) is 0.696. The maximum absolute atomic E-state index is 13.6. The zero-order valence-electron chi connectivity index (χ0n) is 16.6. The minimum absolute atomic E-state index is 0.0199. The van der Waals surface area contributed by atoms with Crippen LogP contribution in [0, 0.1) is 23.2 Å². The van der Waals surface area contributed by atoms with Gasteiger partial charge in [-0.2, -0.15) is 0 Å². The van der Waals surface area contributed by atoms with Crippen molar-refractivity contribution in [3.63, 3.8) is 0 Å². The second kappa shape index (κ2) is 7.16. The molecule has 6 rings (SSSR count). The molecule has 5 fully saturated rings. The van der Waals surface area contributed by atoms with Gasteiger partial charge in [-0.05, 0) is 81.3 Å². The molecule has 0 radical (unpaired) electrons. The molecule has 28 heavy (non-hydrogen) atoms. The van der Waals surface area contributed by atoms with E-state index in [1.807, 2.05) is 23.1 Å². The smallest absolute Gasteiger partial charge is 0.242 e. The second-order valence-corrected chi connectivity index (χ2v) is 9.72. The van der Waals surface area contributed by atoms with E-state index in [0.717, 1.165) is 68.5 Å². The Balaban J connectivity index is 1.22. The van der Waals surface area contributed by atoms with Crippen LogP contribution in [0.3, 0.4) is 0 Å². The van der Waals surface area contributed by atoms with Gasteiger partial charge in [-0.25, -0.2) is 0 Å². The van der Waals surface area contributed by atoms with Gasteiger partial charge in [0.2, 0.25) is 11.8 Å². The third-order valence-electron chi connectivity index (χ3n) is 7.71. The van der Waals surface area contributed by atoms with Crippen LogP contribution in [0.5, 0.6) is 0 Å². The molecule has 4 bridgehead atoms. The fourth-order valence-corrected chi connectivity index (χ4v) is 6.94. The number of carbonyl (C=O) groups is 2. The molecular weight excluding hydrogens is 350 g/mol. The monoisotopic (exact) mass is 381 g/mol. The zero-order valence-corrected chi connectivity index (χ0v) is 16.6. The van der Waals surface area contributed by atoms with Gasteiger partial charge in [-0.15, -0.1) is 0 Å². The number of aromatic nitrogens is 1. The molecule has 4 saturated carbocycles. The van der Waals surface area contributed by atoms with E-state index in [9.17, 15) is 9.59 Å². The van der Waals surface area contributed by atoms with Crippen molar-refractivity contribution in [1.82, 2.24) is 15.2 Å². The van der Waals surface area contributed by atoms with Crippen LogP contribution in [0.4, 0.5) is 0 Å². The highest BCUT2D eigenvalue weighted by Gasteiger charge is 2.56. The van der Waals surface area contributed by atoms with Gasteiger partial charge in [0.25, 0.3) is 0 Å². The molecule has 1 aromatic heterocycles. The Morgan fingerprint density at radius 1 is 1.11 bits per heavy atom. The third kappa shape index (κ3) is 3.23. The van der Waals surface area contributed by atoms with Crippen molar-refractivity contribution in [2.24, 2.45) is 23.2 Å². The van der Waals surface area contributed by atoms with Crippen LogP contribution in [0.2, 0.25) is 0 Å². The average molecular weight is 382 g/mol. The molecule has 5 nitrogen and oxygen atoms in total. The highest BCUT2D eigenvalue weighted by molar-refractivity contribution is 5.91. The standard InChI is InChI=1S/C23H31N3O2/c27-21(25-8-6-19-4-1-2-7-24-19)20-5-3-9-26(20)22(28)23-13-16-10-17(14-23)12-18(11-16)15-23/h1-2,4,7,16-18,20H,3,5-6,8-15H2,(H,25,27). The fourth-order valence-electron chi connectivity index (χ4n) is 6.94. The summed E-state index contributed by atoms with van der Waals surface area (Å²) in [7, 11) is 0. The van der Waals surface area contributed by atoms with Crippen LogP contribution >= 0.6 is 0 Å². The summed E-state index contributed by atoms with van der Waals surface area (Å²) in [6.07, 6.45) is 11.5. The van der Waals surface area contributed by atoms with Crippen LogP contribution in [0.25, 0.3) is 0 Å². The quantitative estimate of drug-likeness (QED) is 0.853. The number of amides is 2. The molecule has 1 unspecified atom stereocenters. The molecule has 1 atom stereocenters. The number of pyridine rings is 1. The molecule has 150 valence electrons. The highest BCUT2D eigenvalue weighted by Crippen LogP contribution is 2.60. The number of likely N-dealkylation sites (tertiary alicyclic amines) is 1. The van der Waals surface area contributed by atoms with Gasteiger partial charge < -0.3 is 10.2 Å². The van der Waals surface area contributed by atoms with Crippen molar-refractivity contribution in [3.05, 3.63) is 30.1 Å².